The van der Waals surface area contributed by atoms with E-state index in [1.807, 2.05) is 31.2 Å². The van der Waals surface area contributed by atoms with Gasteiger partial charge >= 0.3 is 0 Å². The second-order valence-corrected chi connectivity index (χ2v) is 3.35. The van der Waals surface area contributed by atoms with Crippen molar-refractivity contribution in [2.45, 2.75) is 13.3 Å². The number of rotatable bonds is 4. The topological polar surface area (TPSA) is 29.1 Å². The van der Waals surface area contributed by atoms with Gasteiger partial charge in [0.2, 0.25) is 5.91 Å². The second kappa shape index (κ2) is 5.15. The third kappa shape index (κ3) is 3.09. The number of amides is 1. The van der Waals surface area contributed by atoms with Gasteiger partial charge in [-0.1, -0.05) is 30.4 Å². The maximum Gasteiger partial charge on any atom is 0.247 e. The van der Waals surface area contributed by atoms with E-state index in [1.165, 1.54) is 11.6 Å². The lowest BCUT2D eigenvalue weighted by Gasteiger charge is -2.09. The van der Waals surface area contributed by atoms with Crippen molar-refractivity contribution < 1.29 is 4.79 Å². The molecule has 1 aromatic rings. The van der Waals surface area contributed by atoms with Crippen LogP contribution in [0.1, 0.15) is 11.1 Å². The summed E-state index contributed by atoms with van der Waals surface area (Å²) in [5.74, 6) is -0.191. The van der Waals surface area contributed by atoms with Gasteiger partial charge in [0.25, 0.3) is 0 Å². The molecule has 78 valence electrons. The monoisotopic (exact) mass is 201 g/mol. The average molecular weight is 201 g/mol. The number of anilines is 1. The Morgan fingerprint density at radius 1 is 1.47 bits per heavy atom. The Hall–Kier alpha value is -1.83. The summed E-state index contributed by atoms with van der Waals surface area (Å²) in [6.07, 6.45) is 3.82. The molecule has 0 unspecified atom stereocenters. The minimum absolute atomic E-state index is 0.191. The fraction of sp³-hybridized carbons (Fsp3) is 0.154. The first-order valence-corrected chi connectivity index (χ1v) is 4.81. The molecule has 0 radical (unpaired) electrons. The van der Waals surface area contributed by atoms with Gasteiger partial charge in [-0.2, -0.15) is 0 Å². The molecule has 0 atom stereocenters. The zero-order valence-electron chi connectivity index (χ0n) is 8.92. The predicted molar refractivity (Wildman–Crippen MR) is 63.9 cm³/mol. The average Bonchev–Trinajstić information content (AvgIpc) is 2.22. The van der Waals surface area contributed by atoms with E-state index in [2.05, 4.69) is 18.5 Å². The summed E-state index contributed by atoms with van der Waals surface area (Å²) in [5.41, 5.74) is 3.06. The van der Waals surface area contributed by atoms with Gasteiger partial charge in [-0.15, -0.1) is 6.58 Å². The Kier molecular flexibility index (Phi) is 3.86. The SMILES string of the molecule is C=CCc1cc(C)ccc1NC(=O)C=C. The van der Waals surface area contributed by atoms with Crippen LogP contribution in [0.5, 0.6) is 0 Å². The Balaban J connectivity index is 2.99. The molecule has 0 aromatic heterocycles. The van der Waals surface area contributed by atoms with Crippen molar-refractivity contribution in [1.29, 1.82) is 0 Å². The van der Waals surface area contributed by atoms with Crippen molar-refractivity contribution in [3.8, 4) is 0 Å². The van der Waals surface area contributed by atoms with Crippen molar-refractivity contribution >= 4 is 11.6 Å². The molecule has 0 aliphatic carbocycles. The zero-order valence-corrected chi connectivity index (χ0v) is 8.92. The number of benzene rings is 1. The Labute approximate surface area is 90.3 Å². The first-order valence-electron chi connectivity index (χ1n) is 4.81. The van der Waals surface area contributed by atoms with Crippen LogP contribution in [0.4, 0.5) is 5.69 Å². The number of carbonyl (C=O) groups excluding carboxylic acids is 1. The summed E-state index contributed by atoms with van der Waals surface area (Å²) in [6, 6.07) is 5.90. The minimum Gasteiger partial charge on any atom is -0.322 e. The van der Waals surface area contributed by atoms with Crippen LogP contribution in [-0.4, -0.2) is 5.91 Å². The summed E-state index contributed by atoms with van der Waals surface area (Å²) >= 11 is 0. The van der Waals surface area contributed by atoms with Crippen molar-refractivity contribution in [2.75, 3.05) is 5.32 Å². The fourth-order valence-electron chi connectivity index (χ4n) is 1.35. The molecule has 2 nitrogen and oxygen atoms in total. The molecule has 0 saturated heterocycles. The molecular weight excluding hydrogens is 186 g/mol. The Morgan fingerprint density at radius 3 is 2.80 bits per heavy atom. The van der Waals surface area contributed by atoms with E-state index < -0.39 is 0 Å². The zero-order chi connectivity index (χ0) is 11.3. The van der Waals surface area contributed by atoms with Gasteiger partial charge < -0.3 is 5.32 Å². The molecule has 0 heterocycles. The number of nitrogens with one attached hydrogen (secondary N) is 1. The molecule has 2 heteroatoms. The quantitative estimate of drug-likeness (QED) is 0.589. The minimum atomic E-state index is -0.191. The maximum absolute atomic E-state index is 11.2. The molecule has 0 fully saturated rings. The summed E-state index contributed by atoms with van der Waals surface area (Å²) < 4.78 is 0. The standard InChI is InChI=1S/C13H15NO/c1-4-6-11-9-10(3)7-8-12(11)14-13(15)5-2/h4-5,7-9H,1-2,6H2,3H3,(H,14,15). The van der Waals surface area contributed by atoms with Crippen LogP contribution in [0.2, 0.25) is 0 Å². The maximum atomic E-state index is 11.2. The Morgan fingerprint density at radius 2 is 2.20 bits per heavy atom. The third-order valence-electron chi connectivity index (χ3n) is 2.07. The molecule has 0 saturated carbocycles. The van der Waals surface area contributed by atoms with Crippen LogP contribution in [0.15, 0.2) is 43.5 Å². The van der Waals surface area contributed by atoms with Gasteiger partial charge in [0.1, 0.15) is 0 Å². The number of aryl methyl sites for hydroxylation is 1. The molecule has 0 bridgehead atoms. The lowest BCUT2D eigenvalue weighted by atomic mass is 10.1. The van der Waals surface area contributed by atoms with Crippen molar-refractivity contribution in [1.82, 2.24) is 0 Å². The van der Waals surface area contributed by atoms with Crippen LogP contribution in [0.25, 0.3) is 0 Å². The van der Waals surface area contributed by atoms with Gasteiger partial charge in [0, 0.05) is 5.69 Å². The number of allylic oxidation sites excluding steroid dienone is 1. The van der Waals surface area contributed by atoms with Crippen LogP contribution in [0.3, 0.4) is 0 Å². The molecule has 1 N–H and O–H groups in total. The molecule has 0 aliphatic rings. The molecule has 15 heavy (non-hydrogen) atoms. The van der Waals surface area contributed by atoms with E-state index in [4.69, 9.17) is 0 Å². The number of hydrogen-bond donors (Lipinski definition) is 1. The van der Waals surface area contributed by atoms with Gasteiger partial charge in [-0.25, -0.2) is 0 Å². The predicted octanol–water partition coefficient (Wildman–Crippen LogP) is 2.85. The van der Waals surface area contributed by atoms with Crippen molar-refractivity contribution in [3.63, 3.8) is 0 Å². The van der Waals surface area contributed by atoms with Gasteiger partial charge in [0.15, 0.2) is 0 Å². The largest absolute Gasteiger partial charge is 0.322 e. The molecule has 1 rings (SSSR count). The van der Waals surface area contributed by atoms with Crippen molar-refractivity contribution in [2.24, 2.45) is 0 Å². The van der Waals surface area contributed by atoms with Crippen LogP contribution < -0.4 is 5.32 Å². The number of hydrogen-bond acceptors (Lipinski definition) is 1. The summed E-state index contributed by atoms with van der Waals surface area (Å²) in [4.78, 5) is 11.2. The van der Waals surface area contributed by atoms with E-state index in [0.29, 0.717) is 0 Å². The number of carbonyl (C=O) groups is 1. The van der Waals surface area contributed by atoms with Gasteiger partial charge in [0.05, 0.1) is 0 Å². The highest BCUT2D eigenvalue weighted by atomic mass is 16.1. The summed E-state index contributed by atoms with van der Waals surface area (Å²) in [5, 5.41) is 2.77. The lowest BCUT2D eigenvalue weighted by Crippen LogP contribution is -2.09. The molecule has 1 amide bonds. The molecule has 1 aromatic carbocycles. The van der Waals surface area contributed by atoms with Crippen LogP contribution in [0, 0.1) is 6.92 Å². The molecule has 0 aliphatic heterocycles. The highest BCUT2D eigenvalue weighted by Gasteiger charge is 2.03. The highest BCUT2D eigenvalue weighted by molar-refractivity contribution is 5.99. The van der Waals surface area contributed by atoms with E-state index in [9.17, 15) is 4.79 Å². The molecular formula is C13H15NO. The Bertz CT molecular complexity index is 394. The van der Waals surface area contributed by atoms with Gasteiger partial charge in [-0.3, -0.25) is 4.79 Å². The first-order chi connectivity index (χ1) is 7.17. The van der Waals surface area contributed by atoms with E-state index >= 15 is 0 Å². The first kappa shape index (κ1) is 11.2. The smallest absolute Gasteiger partial charge is 0.247 e. The lowest BCUT2D eigenvalue weighted by molar-refractivity contribution is -0.111. The third-order valence-corrected chi connectivity index (χ3v) is 2.07. The fourth-order valence-corrected chi connectivity index (χ4v) is 1.35. The highest BCUT2D eigenvalue weighted by Crippen LogP contribution is 2.18. The molecule has 0 spiro atoms. The second-order valence-electron chi connectivity index (χ2n) is 3.35. The van der Waals surface area contributed by atoms with Gasteiger partial charge in [-0.05, 0) is 31.1 Å². The summed E-state index contributed by atoms with van der Waals surface area (Å²) in [6.45, 7) is 9.13. The van der Waals surface area contributed by atoms with E-state index in [1.54, 1.807) is 0 Å². The summed E-state index contributed by atoms with van der Waals surface area (Å²) in [7, 11) is 0. The van der Waals surface area contributed by atoms with Crippen LogP contribution in [-0.2, 0) is 11.2 Å². The van der Waals surface area contributed by atoms with E-state index in [0.717, 1.165) is 17.7 Å². The van der Waals surface area contributed by atoms with Crippen molar-refractivity contribution in [3.05, 3.63) is 54.6 Å². The van der Waals surface area contributed by atoms with E-state index in [-0.39, 0.29) is 5.91 Å². The normalized spacial score (nSPS) is 9.40. The van der Waals surface area contributed by atoms with Crippen LogP contribution >= 0.6 is 0 Å².